The van der Waals surface area contributed by atoms with Gasteiger partial charge in [0, 0.05) is 13.3 Å². The van der Waals surface area contributed by atoms with Crippen LogP contribution < -0.4 is 9.64 Å². The second kappa shape index (κ2) is 4.56. The van der Waals surface area contributed by atoms with Crippen molar-refractivity contribution in [2.75, 3.05) is 12.0 Å². The van der Waals surface area contributed by atoms with Crippen LogP contribution in [0, 0.1) is 0 Å². The number of fused-ring (bicyclic) bond motifs is 1. The Bertz CT molecular complexity index is 499. The summed E-state index contributed by atoms with van der Waals surface area (Å²) in [7, 11) is 1.55. The van der Waals surface area contributed by atoms with Crippen molar-refractivity contribution >= 4 is 17.7 Å². The molecule has 0 radical (unpaired) electrons. The molecule has 0 saturated carbocycles. The van der Waals surface area contributed by atoms with Gasteiger partial charge >= 0.3 is 6.16 Å². The molecule has 1 aromatic rings. The summed E-state index contributed by atoms with van der Waals surface area (Å²) in [4.78, 5) is 23.5. The summed E-state index contributed by atoms with van der Waals surface area (Å²) in [5.41, 5.74) is 1.49. The molecule has 0 fully saturated rings. The average molecular weight is 251 g/mol. The number of carboxylic acid groups (broad SMARTS) is 1. The van der Waals surface area contributed by atoms with Crippen molar-refractivity contribution < 1.29 is 24.2 Å². The molecule has 0 aliphatic carbocycles. The molecule has 18 heavy (non-hydrogen) atoms. The zero-order valence-corrected chi connectivity index (χ0v) is 10.0. The lowest BCUT2D eigenvalue weighted by Gasteiger charge is -2.22. The summed E-state index contributed by atoms with van der Waals surface area (Å²) in [5.74, 6) is 0.401. The van der Waals surface area contributed by atoms with Crippen molar-refractivity contribution in [1.82, 2.24) is 0 Å². The second-order valence-corrected chi connectivity index (χ2v) is 3.93. The van der Waals surface area contributed by atoms with E-state index in [0.29, 0.717) is 17.9 Å². The lowest BCUT2D eigenvalue weighted by atomic mass is 10.1. The van der Waals surface area contributed by atoms with Crippen LogP contribution in [0.2, 0.25) is 0 Å². The molecule has 6 heteroatoms. The minimum atomic E-state index is -1.40. The second-order valence-electron chi connectivity index (χ2n) is 3.93. The van der Waals surface area contributed by atoms with Crippen LogP contribution in [0.3, 0.4) is 0 Å². The van der Waals surface area contributed by atoms with E-state index in [1.54, 1.807) is 25.3 Å². The SMILES string of the molecule is COc1ccc2c(c1)CC(OC(=O)O)N2C(C)=O. The molecular weight excluding hydrogens is 238 g/mol. The Balaban J connectivity index is 2.36. The molecule has 1 aliphatic rings. The van der Waals surface area contributed by atoms with Gasteiger partial charge in [-0.1, -0.05) is 0 Å². The first-order chi connectivity index (χ1) is 8.52. The first kappa shape index (κ1) is 12.2. The number of carbonyl (C=O) groups excluding carboxylic acids is 1. The third-order valence-corrected chi connectivity index (χ3v) is 2.80. The van der Waals surface area contributed by atoms with E-state index in [9.17, 15) is 9.59 Å². The number of benzene rings is 1. The standard InChI is InChI=1S/C12H13NO5/c1-7(14)13-10-4-3-9(17-2)5-8(10)6-11(13)18-12(15)16/h3-5,11H,6H2,1-2H3,(H,15,16). The fourth-order valence-corrected chi connectivity index (χ4v) is 2.11. The third-order valence-electron chi connectivity index (χ3n) is 2.80. The number of amides is 1. The van der Waals surface area contributed by atoms with Gasteiger partial charge in [-0.25, -0.2) is 4.79 Å². The maximum atomic E-state index is 11.6. The lowest BCUT2D eigenvalue weighted by Crippen LogP contribution is -2.39. The Hall–Kier alpha value is -2.24. The molecule has 1 heterocycles. The number of hydrogen-bond acceptors (Lipinski definition) is 4. The summed E-state index contributed by atoms with van der Waals surface area (Å²) in [6.07, 6.45) is -1.87. The van der Waals surface area contributed by atoms with Crippen LogP contribution in [0.15, 0.2) is 18.2 Å². The molecule has 1 N–H and O–H groups in total. The number of methoxy groups -OCH3 is 1. The van der Waals surface area contributed by atoms with Gasteiger partial charge in [0.25, 0.3) is 0 Å². The van der Waals surface area contributed by atoms with Crippen molar-refractivity contribution in [3.63, 3.8) is 0 Å². The molecule has 1 amide bonds. The first-order valence-electron chi connectivity index (χ1n) is 5.39. The van der Waals surface area contributed by atoms with Gasteiger partial charge in [0.05, 0.1) is 12.8 Å². The zero-order chi connectivity index (χ0) is 13.3. The van der Waals surface area contributed by atoms with Crippen molar-refractivity contribution in [1.29, 1.82) is 0 Å². The highest BCUT2D eigenvalue weighted by atomic mass is 16.7. The molecule has 0 saturated heterocycles. The number of nitrogens with zero attached hydrogens (tertiary/aromatic N) is 1. The fraction of sp³-hybridized carbons (Fsp3) is 0.333. The van der Waals surface area contributed by atoms with E-state index in [0.717, 1.165) is 5.56 Å². The smallest absolute Gasteiger partial charge is 0.497 e. The number of hydrogen-bond donors (Lipinski definition) is 1. The molecule has 1 unspecified atom stereocenters. The van der Waals surface area contributed by atoms with Crippen LogP contribution >= 0.6 is 0 Å². The van der Waals surface area contributed by atoms with E-state index < -0.39 is 12.4 Å². The molecule has 1 aliphatic heterocycles. The Kier molecular flexibility index (Phi) is 3.10. The Morgan fingerprint density at radius 2 is 2.17 bits per heavy atom. The van der Waals surface area contributed by atoms with Gasteiger partial charge in [-0.05, 0) is 23.8 Å². The maximum absolute atomic E-state index is 11.6. The zero-order valence-electron chi connectivity index (χ0n) is 10.0. The molecule has 0 bridgehead atoms. The van der Waals surface area contributed by atoms with Crippen LogP contribution in [0.5, 0.6) is 5.75 Å². The quantitative estimate of drug-likeness (QED) is 0.808. The normalized spacial score (nSPS) is 17.2. The van der Waals surface area contributed by atoms with Gasteiger partial charge in [-0.2, -0.15) is 0 Å². The Labute approximate surface area is 104 Å². The summed E-state index contributed by atoms with van der Waals surface area (Å²) < 4.78 is 9.81. The summed E-state index contributed by atoms with van der Waals surface area (Å²) in [5, 5.41) is 8.67. The van der Waals surface area contributed by atoms with Crippen LogP contribution in [-0.2, 0) is 16.0 Å². The monoisotopic (exact) mass is 251 g/mol. The number of ether oxygens (including phenoxy) is 2. The van der Waals surface area contributed by atoms with Gasteiger partial charge in [-0.15, -0.1) is 0 Å². The molecule has 1 atom stereocenters. The third kappa shape index (κ3) is 2.09. The van der Waals surface area contributed by atoms with Crippen LogP contribution in [0.1, 0.15) is 12.5 Å². The van der Waals surface area contributed by atoms with Gasteiger partial charge in [0.1, 0.15) is 5.75 Å². The van der Waals surface area contributed by atoms with Crippen molar-refractivity contribution in [2.45, 2.75) is 19.6 Å². The highest BCUT2D eigenvalue weighted by molar-refractivity contribution is 5.94. The van der Waals surface area contributed by atoms with E-state index >= 15 is 0 Å². The van der Waals surface area contributed by atoms with Crippen LogP contribution in [0.4, 0.5) is 10.5 Å². The topological polar surface area (TPSA) is 76.1 Å². The van der Waals surface area contributed by atoms with Gasteiger partial charge in [0.2, 0.25) is 5.91 Å². The summed E-state index contributed by atoms with van der Waals surface area (Å²) in [6.45, 7) is 1.37. The van der Waals surface area contributed by atoms with Gasteiger partial charge in [-0.3, -0.25) is 9.69 Å². The van der Waals surface area contributed by atoms with E-state index in [2.05, 4.69) is 0 Å². The lowest BCUT2D eigenvalue weighted by molar-refractivity contribution is -0.118. The number of rotatable bonds is 2. The highest BCUT2D eigenvalue weighted by Crippen LogP contribution is 2.35. The summed E-state index contributed by atoms with van der Waals surface area (Å²) >= 11 is 0. The molecule has 1 aromatic carbocycles. The largest absolute Gasteiger partial charge is 0.507 e. The van der Waals surface area contributed by atoms with E-state index in [1.807, 2.05) is 0 Å². The Morgan fingerprint density at radius 1 is 1.44 bits per heavy atom. The first-order valence-corrected chi connectivity index (χ1v) is 5.39. The highest BCUT2D eigenvalue weighted by Gasteiger charge is 2.35. The van der Waals surface area contributed by atoms with E-state index in [-0.39, 0.29) is 5.91 Å². The van der Waals surface area contributed by atoms with Gasteiger partial charge in [0.15, 0.2) is 6.23 Å². The van der Waals surface area contributed by atoms with Crippen LogP contribution in [-0.4, -0.2) is 30.5 Å². The van der Waals surface area contributed by atoms with E-state index in [4.69, 9.17) is 14.6 Å². The molecular formula is C12H13NO5. The fourth-order valence-electron chi connectivity index (χ4n) is 2.11. The minimum Gasteiger partial charge on any atom is -0.497 e. The van der Waals surface area contributed by atoms with E-state index in [1.165, 1.54) is 11.8 Å². The minimum absolute atomic E-state index is 0.259. The molecule has 2 rings (SSSR count). The number of carbonyl (C=O) groups is 2. The Morgan fingerprint density at radius 3 is 2.72 bits per heavy atom. The van der Waals surface area contributed by atoms with Crippen molar-refractivity contribution in [3.8, 4) is 5.75 Å². The van der Waals surface area contributed by atoms with Crippen molar-refractivity contribution in [2.24, 2.45) is 0 Å². The van der Waals surface area contributed by atoms with Gasteiger partial charge < -0.3 is 14.6 Å². The summed E-state index contributed by atoms with van der Waals surface area (Å²) in [6, 6.07) is 5.22. The predicted octanol–water partition coefficient (Wildman–Crippen LogP) is 1.62. The molecule has 6 nitrogen and oxygen atoms in total. The van der Waals surface area contributed by atoms with Crippen LogP contribution in [0.25, 0.3) is 0 Å². The molecule has 0 spiro atoms. The molecule has 0 aromatic heterocycles. The number of anilines is 1. The molecule has 96 valence electrons. The maximum Gasteiger partial charge on any atom is 0.507 e. The average Bonchev–Trinajstić information content (AvgIpc) is 2.64. The van der Waals surface area contributed by atoms with Crippen molar-refractivity contribution in [3.05, 3.63) is 23.8 Å². The predicted molar refractivity (Wildman–Crippen MR) is 62.8 cm³/mol.